The second kappa shape index (κ2) is 22.9. The lowest BCUT2D eigenvalue weighted by Crippen LogP contribution is -2.46. The van der Waals surface area contributed by atoms with Crippen LogP contribution in [0.4, 0.5) is 0 Å². The molecule has 0 spiro atoms. The van der Waals surface area contributed by atoms with Gasteiger partial charge in [0.05, 0.1) is 23.4 Å². The third kappa shape index (κ3) is 12.4. The lowest BCUT2D eigenvalue weighted by Gasteiger charge is -2.32. The molecule has 0 fully saturated rings. The van der Waals surface area contributed by atoms with Gasteiger partial charge in [0.25, 0.3) is 0 Å². The molecular weight excluding hydrogens is 860 g/mol. The number of ketones is 3. The van der Waals surface area contributed by atoms with E-state index in [1.54, 1.807) is 44.2 Å². The molecule has 16 heteroatoms. The first-order valence-corrected chi connectivity index (χ1v) is 22.6. The van der Waals surface area contributed by atoms with Crippen LogP contribution in [0.5, 0.6) is 11.5 Å². The maximum Gasteiger partial charge on any atom is 0.226 e. The van der Waals surface area contributed by atoms with Gasteiger partial charge in [0.2, 0.25) is 11.8 Å². The molecule has 0 saturated carbocycles. The molecule has 3 aromatic carbocycles. The van der Waals surface area contributed by atoms with Crippen molar-refractivity contribution in [2.45, 2.75) is 90.6 Å². The predicted octanol–water partition coefficient (Wildman–Crippen LogP) is 5.99. The number of fused-ring (bicyclic) bond motifs is 5. The first kappa shape index (κ1) is 50.9. The number of nitrogens with zero attached hydrogens (tertiary/aromatic N) is 4. The van der Waals surface area contributed by atoms with E-state index in [0.29, 0.717) is 45.3 Å². The summed E-state index contributed by atoms with van der Waals surface area (Å²) in [6, 6.07) is 17.9. The highest BCUT2D eigenvalue weighted by Crippen LogP contribution is 2.41. The number of carbonyl (C=O) groups excluding carboxylic acids is 5. The van der Waals surface area contributed by atoms with E-state index in [0.717, 1.165) is 11.1 Å². The van der Waals surface area contributed by atoms with Crippen LogP contribution in [0.2, 0.25) is 5.15 Å². The van der Waals surface area contributed by atoms with E-state index in [2.05, 4.69) is 36.1 Å². The second-order valence-electron chi connectivity index (χ2n) is 17.7. The van der Waals surface area contributed by atoms with E-state index in [9.17, 15) is 29.2 Å². The van der Waals surface area contributed by atoms with Gasteiger partial charge in [0, 0.05) is 74.3 Å². The van der Waals surface area contributed by atoms with Crippen molar-refractivity contribution in [1.29, 1.82) is 5.26 Å². The van der Waals surface area contributed by atoms with Gasteiger partial charge in [-0.3, -0.25) is 24.0 Å². The number of carbonyl (C=O) groups is 5. The Kier molecular flexibility index (Phi) is 17.7. The maximum absolute atomic E-state index is 14.8. The molecule has 1 aliphatic rings. The molecule has 15 nitrogen and oxygen atoms in total. The average Bonchev–Trinajstić information content (AvgIpc) is 3.28. The second-order valence-corrected chi connectivity index (χ2v) is 18.1. The number of rotatable bonds is 17. The summed E-state index contributed by atoms with van der Waals surface area (Å²) >= 11 is 6.72. The summed E-state index contributed by atoms with van der Waals surface area (Å²) in [5, 5.41) is 12.0. The average molecular weight is 922 g/mol. The van der Waals surface area contributed by atoms with Gasteiger partial charge in [-0.1, -0.05) is 75.7 Å². The van der Waals surface area contributed by atoms with E-state index >= 15 is 0 Å². The Morgan fingerprint density at radius 3 is 2.15 bits per heavy atom. The molecule has 0 radical (unpaired) electrons. The van der Waals surface area contributed by atoms with E-state index < -0.39 is 47.3 Å². The summed E-state index contributed by atoms with van der Waals surface area (Å²) in [5.41, 5.74) is 22.1. The summed E-state index contributed by atoms with van der Waals surface area (Å²) in [6.07, 6.45) is -0.567. The molecule has 4 aromatic rings. The molecule has 2 amide bonds. The quantitative estimate of drug-likeness (QED) is 0.0703. The lowest BCUT2D eigenvalue weighted by molar-refractivity contribution is -0.142. The fraction of sp³-hybridized carbons (Fsp3) is 0.440. The van der Waals surface area contributed by atoms with Gasteiger partial charge in [-0.05, 0) is 72.7 Å². The zero-order valence-corrected chi connectivity index (χ0v) is 39.4. The molecule has 66 heavy (non-hydrogen) atoms. The monoisotopic (exact) mass is 920 g/mol. The first-order chi connectivity index (χ1) is 31.4. The number of ether oxygens (including phenoxy) is 2. The predicted molar refractivity (Wildman–Crippen MR) is 253 cm³/mol. The van der Waals surface area contributed by atoms with Crippen LogP contribution in [0.15, 0.2) is 60.7 Å². The van der Waals surface area contributed by atoms with Crippen molar-refractivity contribution in [3.8, 4) is 40.1 Å². The molecule has 4 atom stereocenters. The van der Waals surface area contributed by atoms with E-state index in [1.807, 2.05) is 36.4 Å². The number of aromatic nitrogens is 2. The van der Waals surface area contributed by atoms with Crippen LogP contribution >= 0.6 is 11.6 Å². The van der Waals surface area contributed by atoms with Gasteiger partial charge in [-0.15, -0.1) is 0 Å². The number of halogens is 1. The van der Waals surface area contributed by atoms with Crippen molar-refractivity contribution >= 4 is 40.8 Å². The highest BCUT2D eigenvalue weighted by Gasteiger charge is 2.37. The minimum absolute atomic E-state index is 0.0383. The summed E-state index contributed by atoms with van der Waals surface area (Å²) in [5.74, 6) is -3.13. The Morgan fingerprint density at radius 1 is 0.924 bits per heavy atom. The maximum atomic E-state index is 14.8. The lowest BCUT2D eigenvalue weighted by atomic mass is 9.86. The number of benzene rings is 3. The molecule has 1 aromatic heterocycles. The van der Waals surface area contributed by atoms with Gasteiger partial charge >= 0.3 is 0 Å². The number of hydrogen-bond acceptors (Lipinski definition) is 13. The van der Waals surface area contributed by atoms with Crippen LogP contribution in [-0.2, 0) is 31.0 Å². The fourth-order valence-electron chi connectivity index (χ4n) is 8.07. The molecule has 350 valence electrons. The summed E-state index contributed by atoms with van der Waals surface area (Å²) in [4.78, 5) is 81.4. The number of nitrogens with two attached hydrogens (primary N) is 3. The smallest absolute Gasteiger partial charge is 0.226 e. The minimum Gasteiger partial charge on any atom is -0.492 e. The van der Waals surface area contributed by atoms with E-state index in [1.165, 1.54) is 11.9 Å². The number of aryl methyl sites for hydroxylation is 1. The Bertz CT molecular complexity index is 2440. The van der Waals surface area contributed by atoms with Gasteiger partial charge in [0.1, 0.15) is 35.9 Å². The number of Topliss-reactive ketones (excluding diaryl/α,β-unsaturated/α-hetero) is 3. The Labute approximate surface area is 391 Å². The third-order valence-electron chi connectivity index (χ3n) is 11.7. The van der Waals surface area contributed by atoms with Crippen molar-refractivity contribution in [2.24, 2.45) is 29.0 Å². The normalized spacial score (nSPS) is 16.9. The van der Waals surface area contributed by atoms with Gasteiger partial charge in [-0.2, -0.15) is 5.26 Å². The highest BCUT2D eigenvalue weighted by molar-refractivity contribution is 6.33. The van der Waals surface area contributed by atoms with Crippen molar-refractivity contribution in [3.63, 3.8) is 0 Å². The molecule has 0 aliphatic carbocycles. The fourth-order valence-corrected chi connectivity index (χ4v) is 8.39. The van der Waals surface area contributed by atoms with Crippen LogP contribution in [0.1, 0.15) is 98.6 Å². The van der Waals surface area contributed by atoms with Gasteiger partial charge < -0.3 is 36.9 Å². The Morgan fingerprint density at radius 2 is 1.56 bits per heavy atom. The summed E-state index contributed by atoms with van der Waals surface area (Å²) in [6.45, 7) is 10.4. The van der Waals surface area contributed by atoms with Crippen LogP contribution in [0.25, 0.3) is 22.5 Å². The highest BCUT2D eigenvalue weighted by atomic mass is 35.5. The minimum atomic E-state index is -1.27. The van der Waals surface area contributed by atoms with Crippen LogP contribution in [0.3, 0.4) is 0 Å². The van der Waals surface area contributed by atoms with Crippen molar-refractivity contribution < 1.29 is 33.4 Å². The number of likely N-dealkylation sites (N-methyl/N-ethyl adjacent to an activating group) is 1. The first-order valence-electron chi connectivity index (χ1n) is 22.2. The van der Waals surface area contributed by atoms with Gasteiger partial charge in [0.15, 0.2) is 23.2 Å². The van der Waals surface area contributed by atoms with Crippen LogP contribution in [0, 0.1) is 30.1 Å². The largest absolute Gasteiger partial charge is 0.492 e. The number of nitriles is 1. The van der Waals surface area contributed by atoms with E-state index in [-0.39, 0.29) is 93.3 Å². The molecular formula is C50H61ClN8O7. The zero-order valence-electron chi connectivity index (χ0n) is 38.6. The molecule has 0 saturated heterocycles. The summed E-state index contributed by atoms with van der Waals surface area (Å²) < 4.78 is 12.2. The van der Waals surface area contributed by atoms with Crippen molar-refractivity contribution in [2.75, 3.05) is 39.9 Å². The molecule has 0 unspecified atom stereocenters. The zero-order chi connectivity index (χ0) is 48.3. The standard InChI is InChI=1S/C50H61ClN8O7/c1-29-24-41(62)45(59(6)49(64)34(17-19-53)28-40(61)44-30(2)56-47(58-46(44)51)32-10-13-35(14-11-32)50(3,4)5)33-12-16-43(66-23-21-55)37(27-33)36-25-31(9-15-42(36)65-22-20-54)26-38(57-48(29)63)39(60)8-7-18-52/h9-16,25,27,29,34,38,45H,7-8,17,19-24,26,28,53-55H2,1-6H3,(H,57,63)/t29-,34-,38+,45+/m1/s1. The van der Waals surface area contributed by atoms with Crippen LogP contribution in [-0.4, -0.2) is 90.0 Å². The topological polar surface area (TPSA) is 247 Å². The number of amides is 2. The van der Waals surface area contributed by atoms with Crippen LogP contribution < -0.4 is 32.0 Å². The number of hydrogen-bond donors (Lipinski definition) is 4. The molecule has 2 heterocycles. The Balaban J connectivity index is 1.57. The van der Waals surface area contributed by atoms with E-state index in [4.69, 9.17) is 38.3 Å². The molecule has 5 rings (SSSR count). The third-order valence-corrected chi connectivity index (χ3v) is 11.9. The van der Waals surface area contributed by atoms with Crippen molar-refractivity contribution in [3.05, 3.63) is 93.8 Å². The van der Waals surface area contributed by atoms with Crippen molar-refractivity contribution in [1.82, 2.24) is 20.2 Å². The molecule has 4 bridgehead atoms. The molecule has 7 N–H and O–H groups in total. The van der Waals surface area contributed by atoms with Gasteiger partial charge in [-0.25, -0.2) is 9.97 Å². The SMILES string of the molecule is Cc1nc(-c2ccc(C(C)(C)C)cc2)nc(Cl)c1C(=O)C[C@@H](CCN)C(=O)N(C)[C@@H]1C(=O)C[C@@H](C)C(=O)N[C@H](C(=O)CCC#N)Cc2ccc(OCCN)c(c2)-c2cc1ccc2OCCN. The molecule has 1 aliphatic heterocycles. The number of nitrogens with one attached hydrogen (secondary N) is 1. The summed E-state index contributed by atoms with van der Waals surface area (Å²) in [7, 11) is 1.48. The Hall–Kier alpha value is -6.05.